The lowest BCUT2D eigenvalue weighted by Crippen LogP contribution is -2.46. The highest BCUT2D eigenvalue weighted by Gasteiger charge is 2.27. The molecule has 2 unspecified atom stereocenters. The van der Waals surface area contributed by atoms with Crippen molar-refractivity contribution < 1.29 is 9.53 Å². The van der Waals surface area contributed by atoms with Crippen molar-refractivity contribution in [1.29, 1.82) is 0 Å². The molecular weight excluding hydrogens is 336 g/mol. The maximum absolute atomic E-state index is 12.5. The number of rotatable bonds is 5. The molecule has 2 aliphatic rings. The number of carbonyl (C=O) groups is 1. The molecule has 6 nitrogen and oxygen atoms in total. The Morgan fingerprint density at radius 3 is 2.60 bits per heavy atom. The summed E-state index contributed by atoms with van der Waals surface area (Å²) in [5.74, 6) is 0.776. The van der Waals surface area contributed by atoms with Gasteiger partial charge in [0.15, 0.2) is 0 Å². The van der Waals surface area contributed by atoms with Gasteiger partial charge in [-0.1, -0.05) is 0 Å². The third-order valence-corrected chi connectivity index (χ3v) is 6.07. The van der Waals surface area contributed by atoms with Crippen LogP contribution in [-0.2, 0) is 11.3 Å². The van der Waals surface area contributed by atoms with Crippen molar-refractivity contribution in [3.05, 3.63) is 16.1 Å². The van der Waals surface area contributed by atoms with E-state index >= 15 is 0 Å². The zero-order chi connectivity index (χ0) is 17.8. The standard InChI is InChI=1S/C18H30N4O2S/c1-13-10-21(11-14(2)24-13)6-3-15-4-7-22(8-5-15)18(23)16-12-25-17(9-19)20-16/h12-15H,3-11,19H2,1-2H3. The molecule has 1 aromatic heterocycles. The number of amides is 1. The van der Waals surface area contributed by atoms with Crippen molar-refractivity contribution in [2.45, 2.75) is 51.9 Å². The van der Waals surface area contributed by atoms with Crippen LogP contribution in [0, 0.1) is 5.92 Å². The Morgan fingerprint density at radius 2 is 2.00 bits per heavy atom. The molecule has 0 bridgehead atoms. The fraction of sp³-hybridized carbons (Fsp3) is 0.778. The third-order valence-electron chi connectivity index (χ3n) is 5.20. The van der Waals surface area contributed by atoms with Crippen molar-refractivity contribution in [1.82, 2.24) is 14.8 Å². The number of nitrogens with two attached hydrogens (primary N) is 1. The van der Waals surface area contributed by atoms with Gasteiger partial charge >= 0.3 is 0 Å². The number of hydrogen-bond donors (Lipinski definition) is 1. The second-order valence-electron chi connectivity index (χ2n) is 7.37. The van der Waals surface area contributed by atoms with Crippen LogP contribution >= 0.6 is 11.3 Å². The monoisotopic (exact) mass is 366 g/mol. The first-order valence-corrected chi connectivity index (χ1v) is 10.2. The van der Waals surface area contributed by atoms with E-state index < -0.39 is 0 Å². The van der Waals surface area contributed by atoms with E-state index in [-0.39, 0.29) is 5.91 Å². The molecule has 2 N–H and O–H groups in total. The van der Waals surface area contributed by atoms with Gasteiger partial charge in [-0.15, -0.1) is 11.3 Å². The number of hydrogen-bond acceptors (Lipinski definition) is 6. The SMILES string of the molecule is CC1CN(CCC2CCN(C(=O)c3csc(CN)n3)CC2)CC(C)O1. The minimum absolute atomic E-state index is 0.0604. The molecule has 1 amide bonds. The maximum Gasteiger partial charge on any atom is 0.273 e. The van der Waals surface area contributed by atoms with Crippen molar-refractivity contribution in [2.24, 2.45) is 11.7 Å². The summed E-state index contributed by atoms with van der Waals surface area (Å²) < 4.78 is 5.80. The van der Waals surface area contributed by atoms with Crippen LogP contribution in [-0.4, -0.2) is 65.6 Å². The number of ether oxygens (including phenoxy) is 1. The number of piperidine rings is 1. The van der Waals surface area contributed by atoms with E-state index in [1.165, 1.54) is 17.8 Å². The van der Waals surface area contributed by atoms with E-state index in [1.54, 1.807) is 0 Å². The molecule has 2 aliphatic heterocycles. The van der Waals surface area contributed by atoms with Crippen LogP contribution in [0.5, 0.6) is 0 Å². The molecule has 0 aromatic carbocycles. The first-order chi connectivity index (χ1) is 12.0. The second-order valence-corrected chi connectivity index (χ2v) is 8.31. The molecule has 0 spiro atoms. The normalized spacial score (nSPS) is 26.1. The molecule has 140 valence electrons. The van der Waals surface area contributed by atoms with Crippen molar-refractivity contribution in [2.75, 3.05) is 32.7 Å². The Balaban J connectivity index is 1.41. The van der Waals surface area contributed by atoms with Gasteiger partial charge in [0.25, 0.3) is 5.91 Å². The Kier molecular flexibility index (Phi) is 6.44. The third kappa shape index (κ3) is 5.00. The maximum atomic E-state index is 12.5. The van der Waals surface area contributed by atoms with E-state index in [0.29, 0.717) is 30.4 Å². The number of thiazole rings is 1. The van der Waals surface area contributed by atoms with Crippen molar-refractivity contribution in [3.63, 3.8) is 0 Å². The highest BCUT2D eigenvalue weighted by molar-refractivity contribution is 7.09. The van der Waals surface area contributed by atoms with E-state index in [0.717, 1.165) is 50.6 Å². The molecule has 3 heterocycles. The summed E-state index contributed by atoms with van der Waals surface area (Å²) in [6.45, 7) is 9.61. The lowest BCUT2D eigenvalue weighted by Gasteiger charge is -2.37. The van der Waals surface area contributed by atoms with Gasteiger partial charge in [0.2, 0.25) is 0 Å². The van der Waals surface area contributed by atoms with Gasteiger partial charge in [-0.05, 0) is 45.6 Å². The molecule has 2 atom stereocenters. The van der Waals surface area contributed by atoms with Crippen LogP contribution in [0.3, 0.4) is 0 Å². The zero-order valence-corrected chi connectivity index (χ0v) is 16.1. The van der Waals surface area contributed by atoms with Crippen LogP contribution in [0.25, 0.3) is 0 Å². The van der Waals surface area contributed by atoms with Gasteiger partial charge in [0.05, 0.1) is 12.2 Å². The highest BCUT2D eigenvalue weighted by atomic mass is 32.1. The zero-order valence-electron chi connectivity index (χ0n) is 15.3. The number of carbonyl (C=O) groups excluding carboxylic acids is 1. The number of likely N-dealkylation sites (tertiary alicyclic amines) is 1. The van der Waals surface area contributed by atoms with E-state index in [4.69, 9.17) is 10.5 Å². The van der Waals surface area contributed by atoms with Crippen LogP contribution in [0.2, 0.25) is 0 Å². The second kappa shape index (κ2) is 8.58. The van der Waals surface area contributed by atoms with Gasteiger partial charge in [0, 0.05) is 38.1 Å². The topological polar surface area (TPSA) is 71.7 Å². The average molecular weight is 367 g/mol. The quantitative estimate of drug-likeness (QED) is 0.862. The van der Waals surface area contributed by atoms with E-state index in [1.807, 2.05) is 10.3 Å². The summed E-state index contributed by atoms with van der Waals surface area (Å²) in [6.07, 6.45) is 4.07. The summed E-state index contributed by atoms with van der Waals surface area (Å²) in [7, 11) is 0. The predicted octanol–water partition coefficient (Wildman–Crippen LogP) is 1.95. The lowest BCUT2D eigenvalue weighted by atomic mass is 9.93. The molecule has 0 saturated carbocycles. The van der Waals surface area contributed by atoms with Crippen molar-refractivity contribution >= 4 is 17.2 Å². The Labute approximate surface area is 154 Å². The molecule has 25 heavy (non-hydrogen) atoms. The van der Waals surface area contributed by atoms with Crippen molar-refractivity contribution in [3.8, 4) is 0 Å². The van der Waals surface area contributed by atoms with Crippen LogP contribution in [0.4, 0.5) is 0 Å². The largest absolute Gasteiger partial charge is 0.373 e. The number of nitrogens with zero attached hydrogens (tertiary/aromatic N) is 3. The molecule has 1 aromatic rings. The summed E-state index contributed by atoms with van der Waals surface area (Å²) in [5, 5.41) is 2.66. The minimum atomic E-state index is 0.0604. The predicted molar refractivity (Wildman–Crippen MR) is 99.7 cm³/mol. The van der Waals surface area contributed by atoms with Crippen LogP contribution in [0.15, 0.2) is 5.38 Å². The smallest absolute Gasteiger partial charge is 0.273 e. The summed E-state index contributed by atoms with van der Waals surface area (Å²) >= 11 is 1.47. The van der Waals surface area contributed by atoms with E-state index in [2.05, 4.69) is 23.7 Å². The molecule has 0 aliphatic carbocycles. The molecule has 2 fully saturated rings. The van der Waals surface area contributed by atoms with E-state index in [9.17, 15) is 4.79 Å². The summed E-state index contributed by atoms with van der Waals surface area (Å²) in [4.78, 5) is 21.3. The van der Waals surface area contributed by atoms with Gasteiger partial charge in [0.1, 0.15) is 10.7 Å². The average Bonchev–Trinajstić information content (AvgIpc) is 3.08. The molecule has 2 saturated heterocycles. The number of morpholine rings is 1. The fourth-order valence-electron chi connectivity index (χ4n) is 3.92. The summed E-state index contributed by atoms with van der Waals surface area (Å²) in [6, 6.07) is 0. The fourth-order valence-corrected chi connectivity index (χ4v) is 4.57. The van der Waals surface area contributed by atoms with Gasteiger partial charge in [-0.2, -0.15) is 0 Å². The van der Waals surface area contributed by atoms with Crippen LogP contribution in [0.1, 0.15) is 48.6 Å². The Bertz CT molecular complexity index is 561. The minimum Gasteiger partial charge on any atom is -0.373 e. The Hall–Kier alpha value is -1.02. The van der Waals surface area contributed by atoms with Gasteiger partial charge < -0.3 is 15.4 Å². The highest BCUT2D eigenvalue weighted by Crippen LogP contribution is 2.23. The first-order valence-electron chi connectivity index (χ1n) is 9.36. The molecule has 0 radical (unpaired) electrons. The lowest BCUT2D eigenvalue weighted by molar-refractivity contribution is -0.0693. The first kappa shape index (κ1) is 18.8. The Morgan fingerprint density at radius 1 is 1.32 bits per heavy atom. The molecular formula is C18H30N4O2S. The molecule has 3 rings (SSSR count). The molecule has 7 heteroatoms. The number of aromatic nitrogens is 1. The summed E-state index contributed by atoms with van der Waals surface area (Å²) in [5.41, 5.74) is 6.14. The van der Waals surface area contributed by atoms with Gasteiger partial charge in [-0.3, -0.25) is 9.69 Å². The van der Waals surface area contributed by atoms with Crippen LogP contribution < -0.4 is 5.73 Å². The van der Waals surface area contributed by atoms with Gasteiger partial charge in [-0.25, -0.2) is 4.98 Å².